The molecule has 204 valence electrons. The molecule has 2 aromatic carbocycles. The second-order valence-corrected chi connectivity index (χ2v) is 10.9. The molecular formula is C31H42N4O3. The molecule has 1 aliphatic carbocycles. The molecule has 1 aliphatic heterocycles. The van der Waals surface area contributed by atoms with Crippen LogP contribution in [0.15, 0.2) is 41.2 Å². The number of aliphatic hydroxyl groups excluding tert-OH is 1. The molecule has 3 aromatic rings. The van der Waals surface area contributed by atoms with Crippen LogP contribution in [0.4, 0.5) is 0 Å². The molecule has 5 rings (SSSR count). The summed E-state index contributed by atoms with van der Waals surface area (Å²) in [6.45, 7) is 10.5. The Bertz CT molecular complexity index is 1280. The molecule has 1 fully saturated rings. The van der Waals surface area contributed by atoms with E-state index in [0.29, 0.717) is 30.5 Å². The van der Waals surface area contributed by atoms with E-state index in [2.05, 4.69) is 53.1 Å². The van der Waals surface area contributed by atoms with E-state index < -0.39 is 6.10 Å². The zero-order chi connectivity index (χ0) is 26.6. The standard InChI is InChI=1S/C31H42N4O3/c1-4-21-16-23-18-25(19-24(23)17-22(21)5-2)32-20-28(36)26-6-8-29(31-27(26)7-9-30(37)33-31)38-15-14-35-12-10-34(3)11-13-35/h6-9,16-17,25,28,32,36H,4-5,10-15,18-20H2,1-3H3,(H,33,37)/t28-/m1/s1. The molecule has 0 unspecified atom stereocenters. The van der Waals surface area contributed by atoms with Crippen molar-refractivity contribution in [1.82, 2.24) is 20.1 Å². The van der Waals surface area contributed by atoms with Crippen molar-refractivity contribution in [1.29, 1.82) is 0 Å². The lowest BCUT2D eigenvalue weighted by molar-refractivity contribution is 0.134. The number of H-pyrrole nitrogens is 1. The van der Waals surface area contributed by atoms with E-state index in [1.54, 1.807) is 6.07 Å². The third-order valence-electron chi connectivity index (χ3n) is 8.33. The van der Waals surface area contributed by atoms with Gasteiger partial charge in [-0.05, 0) is 72.7 Å². The summed E-state index contributed by atoms with van der Waals surface area (Å²) < 4.78 is 6.13. The zero-order valence-electron chi connectivity index (χ0n) is 23.1. The summed E-state index contributed by atoms with van der Waals surface area (Å²) in [6.07, 6.45) is 3.43. The molecule has 0 spiro atoms. The predicted octanol–water partition coefficient (Wildman–Crippen LogP) is 3.07. The number of hydrogen-bond acceptors (Lipinski definition) is 6. The van der Waals surface area contributed by atoms with Crippen LogP contribution in [0, 0.1) is 0 Å². The van der Waals surface area contributed by atoms with Crippen molar-refractivity contribution in [3.05, 3.63) is 74.6 Å². The molecule has 3 N–H and O–H groups in total. The number of piperazine rings is 1. The van der Waals surface area contributed by atoms with E-state index in [9.17, 15) is 9.90 Å². The summed E-state index contributed by atoms with van der Waals surface area (Å²) in [4.78, 5) is 19.9. The lowest BCUT2D eigenvalue weighted by Gasteiger charge is -2.32. The van der Waals surface area contributed by atoms with Crippen molar-refractivity contribution in [3.63, 3.8) is 0 Å². The van der Waals surface area contributed by atoms with Gasteiger partial charge in [0.05, 0.1) is 11.6 Å². The smallest absolute Gasteiger partial charge is 0.248 e. The van der Waals surface area contributed by atoms with E-state index in [0.717, 1.165) is 69.4 Å². The second-order valence-electron chi connectivity index (χ2n) is 10.9. The fraction of sp³-hybridized carbons (Fsp3) is 0.516. The summed E-state index contributed by atoms with van der Waals surface area (Å²) in [6, 6.07) is 12.2. The number of nitrogens with zero attached hydrogens (tertiary/aromatic N) is 2. The highest BCUT2D eigenvalue weighted by Crippen LogP contribution is 2.31. The number of nitrogens with one attached hydrogen (secondary N) is 2. The van der Waals surface area contributed by atoms with Crippen molar-refractivity contribution in [2.45, 2.75) is 51.7 Å². The van der Waals surface area contributed by atoms with E-state index in [-0.39, 0.29) is 5.56 Å². The van der Waals surface area contributed by atoms with Gasteiger partial charge in [0.25, 0.3) is 0 Å². The monoisotopic (exact) mass is 518 g/mol. The Morgan fingerprint density at radius 1 is 1.03 bits per heavy atom. The van der Waals surface area contributed by atoms with Gasteiger partial charge in [-0.25, -0.2) is 0 Å². The average molecular weight is 519 g/mol. The Balaban J connectivity index is 1.23. The van der Waals surface area contributed by atoms with Gasteiger partial charge in [-0.2, -0.15) is 0 Å². The second kappa shape index (κ2) is 12.0. The number of aromatic nitrogens is 1. The van der Waals surface area contributed by atoms with Gasteiger partial charge >= 0.3 is 0 Å². The maximum absolute atomic E-state index is 12.2. The molecule has 1 aromatic heterocycles. The molecule has 38 heavy (non-hydrogen) atoms. The molecule has 1 saturated heterocycles. The Morgan fingerprint density at radius 3 is 2.37 bits per heavy atom. The molecule has 7 nitrogen and oxygen atoms in total. The number of aliphatic hydroxyl groups is 1. The zero-order valence-corrected chi connectivity index (χ0v) is 23.1. The van der Waals surface area contributed by atoms with Gasteiger partial charge in [-0.3, -0.25) is 9.69 Å². The number of ether oxygens (including phenoxy) is 1. The fourth-order valence-corrected chi connectivity index (χ4v) is 5.98. The molecule has 0 saturated carbocycles. The van der Waals surface area contributed by atoms with Crippen molar-refractivity contribution >= 4 is 10.9 Å². The summed E-state index contributed by atoms with van der Waals surface area (Å²) in [5.41, 5.74) is 7.07. The number of fused-ring (bicyclic) bond motifs is 2. The molecule has 2 aliphatic rings. The van der Waals surface area contributed by atoms with Crippen LogP contribution in [0.3, 0.4) is 0 Å². The molecule has 1 atom stereocenters. The highest BCUT2D eigenvalue weighted by atomic mass is 16.5. The summed E-state index contributed by atoms with van der Waals surface area (Å²) in [7, 11) is 2.15. The van der Waals surface area contributed by atoms with Crippen LogP contribution in [0.2, 0.25) is 0 Å². The van der Waals surface area contributed by atoms with Crippen molar-refractivity contribution < 1.29 is 9.84 Å². The topological polar surface area (TPSA) is 80.8 Å². The third-order valence-corrected chi connectivity index (χ3v) is 8.33. The minimum atomic E-state index is -0.691. The predicted molar refractivity (Wildman–Crippen MR) is 153 cm³/mol. The minimum Gasteiger partial charge on any atom is -0.490 e. The van der Waals surface area contributed by atoms with Crippen LogP contribution in [-0.2, 0) is 25.7 Å². The Kier molecular flexibility index (Phi) is 8.48. The van der Waals surface area contributed by atoms with Crippen molar-refractivity contribution in [3.8, 4) is 5.75 Å². The number of aromatic amines is 1. The maximum atomic E-state index is 12.2. The van der Waals surface area contributed by atoms with Gasteiger partial charge in [-0.15, -0.1) is 0 Å². The first-order chi connectivity index (χ1) is 18.4. The first-order valence-electron chi connectivity index (χ1n) is 14.2. The van der Waals surface area contributed by atoms with Gasteiger partial charge < -0.3 is 25.0 Å². The highest BCUT2D eigenvalue weighted by Gasteiger charge is 2.24. The quantitative estimate of drug-likeness (QED) is 0.383. The van der Waals surface area contributed by atoms with Gasteiger partial charge in [-0.1, -0.05) is 32.0 Å². The van der Waals surface area contributed by atoms with Crippen molar-refractivity contribution in [2.75, 3.05) is 52.9 Å². The Morgan fingerprint density at radius 2 is 1.71 bits per heavy atom. The van der Waals surface area contributed by atoms with Crippen molar-refractivity contribution in [2.24, 2.45) is 0 Å². The maximum Gasteiger partial charge on any atom is 0.248 e. The van der Waals surface area contributed by atoms with Crippen LogP contribution < -0.4 is 15.6 Å². The molecular weight excluding hydrogens is 476 g/mol. The van der Waals surface area contributed by atoms with Crippen LogP contribution in [0.5, 0.6) is 5.75 Å². The van der Waals surface area contributed by atoms with Crippen LogP contribution in [-0.4, -0.2) is 78.9 Å². The van der Waals surface area contributed by atoms with E-state index in [4.69, 9.17) is 4.74 Å². The SMILES string of the molecule is CCc1cc2c(cc1CC)CC(NC[C@@H](O)c1ccc(OCCN3CCN(C)CC3)c3[nH]c(=O)ccc13)C2. The van der Waals surface area contributed by atoms with E-state index >= 15 is 0 Å². The van der Waals surface area contributed by atoms with Gasteiger partial charge in [0.15, 0.2) is 0 Å². The van der Waals surface area contributed by atoms with Gasteiger partial charge in [0.2, 0.25) is 5.56 Å². The minimum absolute atomic E-state index is 0.173. The number of pyridine rings is 1. The first-order valence-corrected chi connectivity index (χ1v) is 14.2. The molecule has 0 radical (unpaired) electrons. The Hall–Kier alpha value is -2.71. The first kappa shape index (κ1) is 26.9. The summed E-state index contributed by atoms with van der Waals surface area (Å²) >= 11 is 0. The lowest BCUT2D eigenvalue weighted by Crippen LogP contribution is -2.45. The van der Waals surface area contributed by atoms with Crippen LogP contribution in [0.25, 0.3) is 10.9 Å². The number of aryl methyl sites for hydroxylation is 2. The largest absolute Gasteiger partial charge is 0.490 e. The van der Waals surface area contributed by atoms with Crippen LogP contribution >= 0.6 is 0 Å². The number of likely N-dealkylation sites (N-methyl/N-ethyl adjacent to an activating group) is 1. The summed E-state index contributed by atoms with van der Waals surface area (Å²) in [5, 5.41) is 15.6. The number of rotatable bonds is 10. The van der Waals surface area contributed by atoms with E-state index in [1.165, 1.54) is 28.3 Å². The molecule has 0 bridgehead atoms. The molecule has 0 amide bonds. The van der Waals surface area contributed by atoms with Gasteiger partial charge in [0.1, 0.15) is 12.4 Å². The third kappa shape index (κ3) is 5.96. The average Bonchev–Trinajstić information content (AvgIpc) is 3.33. The Labute approximate surface area is 225 Å². The van der Waals surface area contributed by atoms with Gasteiger partial charge in [0, 0.05) is 56.8 Å². The van der Waals surface area contributed by atoms with Crippen LogP contribution in [0.1, 0.15) is 47.8 Å². The number of benzene rings is 2. The lowest BCUT2D eigenvalue weighted by atomic mass is 9.97. The highest BCUT2D eigenvalue weighted by molar-refractivity contribution is 5.87. The van der Waals surface area contributed by atoms with E-state index in [1.807, 2.05) is 12.1 Å². The fourth-order valence-electron chi connectivity index (χ4n) is 5.98. The molecule has 2 heterocycles. The molecule has 7 heteroatoms. The normalized spacial score (nSPS) is 17.7. The summed E-state index contributed by atoms with van der Waals surface area (Å²) in [5.74, 6) is 0.653. The number of hydrogen-bond donors (Lipinski definition) is 3.